The average Bonchev–Trinajstić information content (AvgIpc) is 3.03. The van der Waals surface area contributed by atoms with Crippen LogP contribution in [0.25, 0.3) is 0 Å². The van der Waals surface area contributed by atoms with Crippen LogP contribution in [-0.2, 0) is 19.4 Å². The largest absolute Gasteiger partial charge is 0.460 e. The van der Waals surface area contributed by atoms with E-state index in [9.17, 15) is 17.6 Å². The highest BCUT2D eigenvalue weighted by molar-refractivity contribution is 7.93. The lowest BCUT2D eigenvalue weighted by atomic mass is 10.2. The van der Waals surface area contributed by atoms with Gasteiger partial charge < -0.3 is 4.74 Å². The Hall–Kier alpha value is -1.43. The second-order valence-corrected chi connectivity index (χ2v) is 8.05. The van der Waals surface area contributed by atoms with Gasteiger partial charge in [-0.2, -0.15) is 0 Å². The summed E-state index contributed by atoms with van der Waals surface area (Å²) in [6.07, 6.45) is -0.348. The molecule has 1 aromatic carbocycles. The van der Waals surface area contributed by atoms with Crippen molar-refractivity contribution in [2.24, 2.45) is 5.92 Å². The minimum Gasteiger partial charge on any atom is -0.460 e. The van der Waals surface area contributed by atoms with Crippen LogP contribution in [0.3, 0.4) is 0 Å². The maximum atomic E-state index is 14.6. The molecule has 0 aromatic heterocycles. The Morgan fingerprint density at radius 2 is 1.85 bits per heavy atom. The highest BCUT2D eigenvalue weighted by atomic mass is 32.2. The molecular formula is C14H17FO4S. The van der Waals surface area contributed by atoms with Gasteiger partial charge in [0.2, 0.25) is 14.8 Å². The first-order valence-electron chi connectivity index (χ1n) is 6.29. The lowest BCUT2D eigenvalue weighted by molar-refractivity contribution is -0.157. The van der Waals surface area contributed by atoms with Gasteiger partial charge in [0, 0.05) is 6.42 Å². The molecule has 20 heavy (non-hydrogen) atoms. The Bertz CT molecular complexity index is 618. The van der Waals surface area contributed by atoms with Crippen molar-refractivity contribution in [1.82, 2.24) is 0 Å². The van der Waals surface area contributed by atoms with E-state index >= 15 is 0 Å². The molecule has 1 aromatic rings. The molecule has 0 unspecified atom stereocenters. The molecule has 6 heteroatoms. The fourth-order valence-corrected chi connectivity index (χ4v) is 3.71. The Kier molecular flexibility index (Phi) is 3.40. The van der Waals surface area contributed by atoms with E-state index in [0.29, 0.717) is 0 Å². The standard InChI is InChI=1S/C14H17FO4S/c1-13(2,3)19-12(16)11-9-14(11,15)20(17,18)10-7-5-4-6-8-10/h4-8,11H,9H2,1-3H3/t11-,14+/m1/s1. The summed E-state index contributed by atoms with van der Waals surface area (Å²) in [7, 11) is -4.18. The van der Waals surface area contributed by atoms with Gasteiger partial charge in [0.25, 0.3) is 0 Å². The van der Waals surface area contributed by atoms with E-state index in [-0.39, 0.29) is 11.3 Å². The monoisotopic (exact) mass is 300 g/mol. The Morgan fingerprint density at radius 1 is 1.30 bits per heavy atom. The number of halogens is 1. The van der Waals surface area contributed by atoms with Crippen LogP contribution in [0.1, 0.15) is 27.2 Å². The van der Waals surface area contributed by atoms with Crippen molar-refractivity contribution in [3.63, 3.8) is 0 Å². The van der Waals surface area contributed by atoms with Gasteiger partial charge in [-0.25, -0.2) is 12.8 Å². The molecule has 110 valence electrons. The fraction of sp³-hybridized carbons (Fsp3) is 0.500. The summed E-state index contributed by atoms with van der Waals surface area (Å²) >= 11 is 0. The highest BCUT2D eigenvalue weighted by Crippen LogP contribution is 2.54. The molecule has 4 nitrogen and oxygen atoms in total. The topological polar surface area (TPSA) is 60.4 Å². The molecule has 0 amide bonds. The van der Waals surface area contributed by atoms with Crippen molar-refractivity contribution >= 4 is 15.8 Å². The Morgan fingerprint density at radius 3 is 2.35 bits per heavy atom. The third-order valence-corrected chi connectivity index (χ3v) is 5.27. The van der Waals surface area contributed by atoms with Crippen molar-refractivity contribution in [2.75, 3.05) is 0 Å². The van der Waals surface area contributed by atoms with Gasteiger partial charge in [-0.15, -0.1) is 0 Å². The number of hydrogen-bond acceptors (Lipinski definition) is 4. The molecule has 0 spiro atoms. The Labute approximate surface area is 117 Å². The first-order valence-corrected chi connectivity index (χ1v) is 7.78. The molecule has 0 saturated heterocycles. The van der Waals surface area contributed by atoms with Crippen molar-refractivity contribution in [3.05, 3.63) is 30.3 Å². The summed E-state index contributed by atoms with van der Waals surface area (Å²) in [6.45, 7) is 4.96. The number of carbonyl (C=O) groups is 1. The average molecular weight is 300 g/mol. The van der Waals surface area contributed by atoms with Crippen molar-refractivity contribution in [2.45, 2.75) is 42.7 Å². The van der Waals surface area contributed by atoms with Crippen molar-refractivity contribution in [1.29, 1.82) is 0 Å². The van der Waals surface area contributed by atoms with Gasteiger partial charge in [0.1, 0.15) is 11.5 Å². The normalized spacial score (nSPS) is 26.1. The number of benzene rings is 1. The molecule has 0 radical (unpaired) electrons. The summed E-state index contributed by atoms with van der Waals surface area (Å²) in [4.78, 5) is 11.7. The predicted octanol–water partition coefficient (Wildman–Crippen LogP) is 2.49. The molecule has 0 aliphatic heterocycles. The van der Waals surface area contributed by atoms with E-state index in [4.69, 9.17) is 4.74 Å². The van der Waals surface area contributed by atoms with E-state index in [1.807, 2.05) is 0 Å². The zero-order valence-electron chi connectivity index (χ0n) is 11.6. The lowest BCUT2D eigenvalue weighted by Crippen LogP contribution is -2.29. The molecule has 1 saturated carbocycles. The van der Waals surface area contributed by atoms with E-state index < -0.39 is 32.3 Å². The number of hydrogen-bond donors (Lipinski definition) is 0. The molecule has 2 atom stereocenters. The summed E-state index contributed by atoms with van der Waals surface area (Å²) in [5.74, 6) is -2.05. The van der Waals surface area contributed by atoms with Crippen molar-refractivity contribution < 1.29 is 22.3 Å². The zero-order valence-corrected chi connectivity index (χ0v) is 12.4. The summed E-state index contributed by atoms with van der Waals surface area (Å²) in [6, 6.07) is 7.31. The van der Waals surface area contributed by atoms with Crippen LogP contribution in [-0.4, -0.2) is 25.0 Å². The van der Waals surface area contributed by atoms with E-state index in [1.54, 1.807) is 26.8 Å². The molecule has 2 rings (SSSR count). The number of rotatable bonds is 3. The third-order valence-electron chi connectivity index (χ3n) is 3.03. The second kappa shape index (κ2) is 4.55. The maximum Gasteiger partial charge on any atom is 0.314 e. The molecule has 1 aliphatic carbocycles. The number of carbonyl (C=O) groups excluding carboxylic acids is 1. The Balaban J connectivity index is 2.21. The van der Waals surface area contributed by atoms with Crippen molar-refractivity contribution in [3.8, 4) is 0 Å². The van der Waals surface area contributed by atoms with E-state index in [2.05, 4.69) is 0 Å². The molecule has 0 N–H and O–H groups in total. The third kappa shape index (κ3) is 2.57. The minimum absolute atomic E-state index is 0.117. The number of alkyl halides is 1. The summed E-state index contributed by atoms with van der Waals surface area (Å²) in [5.41, 5.74) is -0.767. The van der Waals surface area contributed by atoms with Gasteiger partial charge in [0.05, 0.1) is 4.90 Å². The summed E-state index contributed by atoms with van der Waals surface area (Å²) in [5, 5.41) is -2.54. The first-order chi connectivity index (χ1) is 9.08. The molecule has 0 heterocycles. The van der Waals surface area contributed by atoms with Gasteiger partial charge in [0.15, 0.2) is 0 Å². The molecular weight excluding hydrogens is 283 g/mol. The minimum atomic E-state index is -4.18. The fourth-order valence-electron chi connectivity index (χ4n) is 1.94. The zero-order chi connectivity index (χ0) is 15.2. The molecule has 1 aliphatic rings. The summed E-state index contributed by atoms with van der Waals surface area (Å²) < 4.78 is 44.0. The van der Waals surface area contributed by atoms with Gasteiger partial charge >= 0.3 is 5.97 Å². The first kappa shape index (κ1) is 15.0. The number of sulfone groups is 1. The van der Waals surface area contributed by atoms with Crippen LogP contribution in [0.15, 0.2) is 35.2 Å². The van der Waals surface area contributed by atoms with Crippen LogP contribution in [0.4, 0.5) is 4.39 Å². The lowest BCUT2D eigenvalue weighted by Gasteiger charge is -2.20. The smallest absolute Gasteiger partial charge is 0.314 e. The second-order valence-electron chi connectivity index (χ2n) is 5.89. The van der Waals surface area contributed by atoms with Crippen LogP contribution in [0.2, 0.25) is 0 Å². The predicted molar refractivity (Wildman–Crippen MR) is 71.4 cm³/mol. The molecule has 0 bridgehead atoms. The number of esters is 1. The maximum absolute atomic E-state index is 14.6. The van der Waals surface area contributed by atoms with Gasteiger partial charge in [-0.1, -0.05) is 18.2 Å². The van der Waals surface area contributed by atoms with Crippen LogP contribution in [0.5, 0.6) is 0 Å². The SMILES string of the molecule is CC(C)(C)OC(=O)[C@H]1C[C@]1(F)S(=O)(=O)c1ccccc1. The van der Waals surface area contributed by atoms with E-state index in [0.717, 1.165) is 0 Å². The van der Waals surface area contributed by atoms with E-state index in [1.165, 1.54) is 24.3 Å². The van der Waals surface area contributed by atoms with Gasteiger partial charge in [-0.3, -0.25) is 4.79 Å². The van der Waals surface area contributed by atoms with Gasteiger partial charge in [-0.05, 0) is 32.9 Å². The quantitative estimate of drug-likeness (QED) is 0.805. The number of ether oxygens (including phenoxy) is 1. The van der Waals surface area contributed by atoms with Crippen LogP contribution >= 0.6 is 0 Å². The molecule has 1 fully saturated rings. The highest BCUT2D eigenvalue weighted by Gasteiger charge is 2.70. The van der Waals surface area contributed by atoms with Crippen LogP contribution in [0, 0.1) is 5.92 Å². The van der Waals surface area contributed by atoms with Crippen LogP contribution < -0.4 is 0 Å².